The number of hydrogen-bond acceptors (Lipinski definition) is 3. The fourth-order valence-electron chi connectivity index (χ4n) is 9.90. The van der Waals surface area contributed by atoms with Gasteiger partial charge in [-0.1, -0.05) is 188 Å². The molecule has 2 heterocycles. The summed E-state index contributed by atoms with van der Waals surface area (Å²) in [5.41, 5.74) is 13.2. The van der Waals surface area contributed by atoms with Crippen LogP contribution in [0.1, 0.15) is 0 Å². The molecule has 65 heavy (non-hydrogen) atoms. The van der Waals surface area contributed by atoms with Gasteiger partial charge in [0.25, 0.3) is 0 Å². The molecule has 0 N–H and O–H groups in total. The van der Waals surface area contributed by atoms with Gasteiger partial charge in [0, 0.05) is 47.0 Å². The average Bonchev–Trinajstić information content (AvgIpc) is 3.96. The molecule has 3 heteroatoms. The Kier molecular flexibility index (Phi) is 8.97. The van der Waals surface area contributed by atoms with Gasteiger partial charge in [0.2, 0.25) is 0 Å². The van der Waals surface area contributed by atoms with Crippen molar-refractivity contribution in [1.82, 2.24) is 0 Å². The predicted octanol–water partition coefficient (Wildman–Crippen LogP) is 18.9. The summed E-state index contributed by atoms with van der Waals surface area (Å²) in [6.07, 6.45) is 0. The minimum absolute atomic E-state index is 1.11. The van der Waals surface area contributed by atoms with Crippen molar-refractivity contribution in [2.45, 2.75) is 0 Å². The van der Waals surface area contributed by atoms with Crippen molar-refractivity contribution in [1.29, 1.82) is 0 Å². The first-order valence-electron chi connectivity index (χ1n) is 22.1. The van der Waals surface area contributed by atoms with Crippen LogP contribution in [-0.4, -0.2) is 0 Å². The number of nitrogens with zero attached hydrogens (tertiary/aromatic N) is 1. The molecule has 0 aliphatic rings. The third kappa shape index (κ3) is 6.43. The number of rotatable bonds is 7. The highest BCUT2D eigenvalue weighted by molar-refractivity contribution is 7.27. The zero-order valence-electron chi connectivity index (χ0n) is 35.3. The molecule has 0 saturated carbocycles. The number of hydrogen-bond donors (Lipinski definition) is 0. The second-order valence-corrected chi connectivity index (χ2v) is 18.9. The lowest BCUT2D eigenvalue weighted by atomic mass is 9.93. The summed E-state index contributed by atoms with van der Waals surface area (Å²) in [6.45, 7) is 0. The normalized spacial score (nSPS) is 11.7. The summed E-state index contributed by atoms with van der Waals surface area (Å²) in [5.74, 6) is 0. The molecule has 0 saturated heterocycles. The van der Waals surface area contributed by atoms with Gasteiger partial charge >= 0.3 is 0 Å². The molecule has 0 radical (unpaired) electrons. The summed E-state index contributed by atoms with van der Waals surface area (Å²) in [5, 5.41) is 10.3. The number of thiophene rings is 2. The van der Waals surface area contributed by atoms with E-state index < -0.39 is 0 Å². The monoisotopic (exact) mass is 861 g/mol. The maximum Gasteiger partial charge on any atom is 0.0640 e. The number of anilines is 3. The molecule has 1 nitrogen and oxygen atoms in total. The molecule has 11 aromatic carbocycles. The van der Waals surface area contributed by atoms with Crippen molar-refractivity contribution in [3.8, 4) is 44.5 Å². The highest BCUT2D eigenvalue weighted by atomic mass is 32.1. The van der Waals surface area contributed by atoms with E-state index in [9.17, 15) is 0 Å². The molecule has 0 bridgehead atoms. The van der Waals surface area contributed by atoms with Crippen LogP contribution in [0, 0.1) is 0 Å². The summed E-state index contributed by atoms with van der Waals surface area (Å²) in [7, 11) is 0. The fraction of sp³-hybridized carbons (Fsp3) is 0. The van der Waals surface area contributed by atoms with E-state index in [1.807, 2.05) is 22.7 Å². The van der Waals surface area contributed by atoms with E-state index in [0.29, 0.717) is 0 Å². The molecule has 0 amide bonds. The highest BCUT2D eigenvalue weighted by Gasteiger charge is 2.20. The van der Waals surface area contributed by atoms with Crippen molar-refractivity contribution in [3.05, 3.63) is 237 Å². The van der Waals surface area contributed by atoms with Gasteiger partial charge < -0.3 is 4.90 Å². The zero-order valence-corrected chi connectivity index (χ0v) is 36.9. The lowest BCUT2D eigenvalue weighted by Gasteiger charge is -2.26. The van der Waals surface area contributed by atoms with Crippen molar-refractivity contribution in [2.75, 3.05) is 4.90 Å². The van der Waals surface area contributed by atoms with Crippen molar-refractivity contribution < 1.29 is 0 Å². The lowest BCUT2D eigenvalue weighted by Crippen LogP contribution is -2.10. The van der Waals surface area contributed by atoms with Crippen LogP contribution in [0.3, 0.4) is 0 Å². The first-order chi connectivity index (χ1) is 32.2. The first-order valence-corrected chi connectivity index (χ1v) is 23.8. The third-order valence-corrected chi connectivity index (χ3v) is 15.5. The molecule has 13 aromatic rings. The first kappa shape index (κ1) is 37.7. The number of benzene rings is 11. The molecular formula is C62H39NS2. The average molecular weight is 862 g/mol. The molecular weight excluding hydrogens is 823 g/mol. The van der Waals surface area contributed by atoms with Crippen molar-refractivity contribution >= 4 is 102 Å². The van der Waals surface area contributed by atoms with Gasteiger partial charge in [-0.25, -0.2) is 0 Å². The topological polar surface area (TPSA) is 3.24 Å². The van der Waals surface area contributed by atoms with Gasteiger partial charge in [0.1, 0.15) is 0 Å². The summed E-state index contributed by atoms with van der Waals surface area (Å²) >= 11 is 3.76. The second kappa shape index (κ2) is 15.5. The second-order valence-electron chi connectivity index (χ2n) is 16.8. The molecule has 0 fully saturated rings. The molecule has 0 aliphatic heterocycles. The molecule has 0 spiro atoms. The molecule has 304 valence electrons. The summed E-state index contributed by atoms with van der Waals surface area (Å²) in [4.78, 5) is 2.44. The van der Waals surface area contributed by atoms with E-state index in [-0.39, 0.29) is 0 Å². The molecule has 0 atom stereocenters. The van der Waals surface area contributed by atoms with Crippen LogP contribution in [0.25, 0.3) is 106 Å². The Bertz CT molecular complexity index is 3920. The van der Waals surface area contributed by atoms with Gasteiger partial charge in [-0.2, -0.15) is 0 Å². The Balaban J connectivity index is 0.907. The van der Waals surface area contributed by atoms with E-state index in [1.165, 1.54) is 112 Å². The van der Waals surface area contributed by atoms with E-state index in [0.717, 1.165) is 11.4 Å². The van der Waals surface area contributed by atoms with Crippen LogP contribution >= 0.6 is 22.7 Å². The lowest BCUT2D eigenvalue weighted by molar-refractivity contribution is 1.30. The molecule has 0 unspecified atom stereocenters. The van der Waals surface area contributed by atoms with Crippen LogP contribution in [-0.2, 0) is 0 Å². The van der Waals surface area contributed by atoms with Gasteiger partial charge in [-0.3, -0.25) is 0 Å². The molecule has 13 rings (SSSR count). The van der Waals surface area contributed by atoms with Gasteiger partial charge in [0.05, 0.1) is 10.4 Å². The van der Waals surface area contributed by atoms with Gasteiger partial charge in [-0.15, -0.1) is 22.7 Å². The third-order valence-electron chi connectivity index (χ3n) is 13.1. The quantitative estimate of drug-likeness (QED) is 0.144. The van der Waals surface area contributed by atoms with Crippen LogP contribution in [0.4, 0.5) is 17.1 Å². The van der Waals surface area contributed by atoms with Crippen LogP contribution < -0.4 is 4.90 Å². The predicted molar refractivity (Wildman–Crippen MR) is 284 cm³/mol. The summed E-state index contributed by atoms with van der Waals surface area (Å²) in [6, 6.07) is 87.1. The summed E-state index contributed by atoms with van der Waals surface area (Å²) < 4.78 is 5.24. The van der Waals surface area contributed by atoms with E-state index in [4.69, 9.17) is 0 Å². The zero-order chi connectivity index (χ0) is 42.8. The van der Waals surface area contributed by atoms with Crippen molar-refractivity contribution in [3.63, 3.8) is 0 Å². The number of fused-ring (bicyclic) bond motifs is 9. The Labute approximate surface area is 385 Å². The van der Waals surface area contributed by atoms with E-state index in [2.05, 4.69) is 241 Å². The van der Waals surface area contributed by atoms with Crippen molar-refractivity contribution in [2.24, 2.45) is 0 Å². The van der Waals surface area contributed by atoms with E-state index in [1.54, 1.807) is 0 Å². The maximum absolute atomic E-state index is 2.44. The Morgan fingerprint density at radius 1 is 0.262 bits per heavy atom. The fourth-order valence-corrected chi connectivity index (χ4v) is 12.4. The van der Waals surface area contributed by atoms with Crippen LogP contribution in [0.15, 0.2) is 237 Å². The Hall–Kier alpha value is -7.82. The Morgan fingerprint density at radius 2 is 0.785 bits per heavy atom. The Morgan fingerprint density at radius 3 is 1.54 bits per heavy atom. The minimum Gasteiger partial charge on any atom is -0.309 e. The minimum atomic E-state index is 1.11. The van der Waals surface area contributed by atoms with Gasteiger partial charge in [-0.05, 0) is 115 Å². The van der Waals surface area contributed by atoms with Crippen LogP contribution in [0.2, 0.25) is 0 Å². The van der Waals surface area contributed by atoms with Gasteiger partial charge in [0.15, 0.2) is 0 Å². The molecule has 0 aliphatic carbocycles. The standard InChI is InChI=1S/C62H39NS2/c1-2-12-43(13-3-1)50-19-10-20-55-56-21-11-22-58(62(56)65-61(50)55)63(48-35-30-44(31-36-48)57-38-46-14-4-5-15-49(46)51-16-6-7-17-52(51)57)47-33-28-41(29-34-47)40-24-26-42(27-25-40)45-32-37-54-53-18-8-9-23-59(53)64-60(54)39-45/h1-39H. The SMILES string of the molecule is c1ccc(-c2cccc3c2sc2c(N(c4ccc(-c5ccc(-c6ccc7c(c6)sc6ccccc67)cc5)cc4)c4ccc(-c5cc6ccccc6c6ccccc56)cc4)cccc23)cc1. The smallest absolute Gasteiger partial charge is 0.0640 e. The maximum atomic E-state index is 2.44. The largest absolute Gasteiger partial charge is 0.309 e. The van der Waals surface area contributed by atoms with Crippen LogP contribution in [0.5, 0.6) is 0 Å². The highest BCUT2D eigenvalue weighted by Crippen LogP contribution is 2.48. The molecule has 2 aromatic heterocycles. The van der Waals surface area contributed by atoms with E-state index >= 15 is 0 Å².